The standard InChI is InChI=1S/C9H12N2O4/c12-9(13)5-8-10-7(11-15-8)4-6-2-1-3-14-6/h6H,1-5H2,(H,12,13). The van der Waals surface area contributed by atoms with Crippen molar-refractivity contribution in [3.63, 3.8) is 0 Å². The molecule has 0 aliphatic carbocycles. The molecule has 1 N–H and O–H groups in total. The molecule has 1 aliphatic rings. The van der Waals surface area contributed by atoms with E-state index in [4.69, 9.17) is 14.4 Å². The molecule has 1 atom stereocenters. The minimum Gasteiger partial charge on any atom is -0.481 e. The van der Waals surface area contributed by atoms with Crippen LogP contribution in [0.1, 0.15) is 24.6 Å². The molecule has 2 heterocycles. The highest BCUT2D eigenvalue weighted by Gasteiger charge is 2.19. The molecule has 0 saturated carbocycles. The zero-order chi connectivity index (χ0) is 10.7. The highest BCUT2D eigenvalue weighted by molar-refractivity contribution is 5.68. The molecule has 0 spiro atoms. The molecule has 1 aliphatic heterocycles. The molecule has 15 heavy (non-hydrogen) atoms. The fourth-order valence-electron chi connectivity index (χ4n) is 1.58. The lowest BCUT2D eigenvalue weighted by Gasteiger charge is -2.03. The van der Waals surface area contributed by atoms with Crippen LogP contribution in [0, 0.1) is 0 Å². The van der Waals surface area contributed by atoms with Gasteiger partial charge in [0.05, 0.1) is 6.10 Å². The first-order valence-electron chi connectivity index (χ1n) is 4.89. The highest BCUT2D eigenvalue weighted by atomic mass is 16.5. The summed E-state index contributed by atoms with van der Waals surface area (Å²) < 4.78 is 10.2. The van der Waals surface area contributed by atoms with Crippen molar-refractivity contribution >= 4 is 5.97 Å². The fraction of sp³-hybridized carbons (Fsp3) is 0.667. The number of carboxylic acids is 1. The van der Waals surface area contributed by atoms with Crippen LogP contribution in [-0.4, -0.2) is 33.9 Å². The molecule has 2 rings (SSSR count). The number of aliphatic carboxylic acids is 1. The Hall–Kier alpha value is -1.43. The zero-order valence-corrected chi connectivity index (χ0v) is 8.18. The van der Waals surface area contributed by atoms with Crippen LogP contribution in [0.4, 0.5) is 0 Å². The maximum Gasteiger partial charge on any atom is 0.312 e. The van der Waals surface area contributed by atoms with Crippen LogP contribution in [0.25, 0.3) is 0 Å². The zero-order valence-electron chi connectivity index (χ0n) is 8.18. The highest BCUT2D eigenvalue weighted by Crippen LogP contribution is 2.15. The molecular weight excluding hydrogens is 200 g/mol. The molecule has 1 aromatic heterocycles. The lowest BCUT2D eigenvalue weighted by Crippen LogP contribution is -2.10. The molecule has 1 aromatic rings. The van der Waals surface area contributed by atoms with Crippen LogP contribution in [0.2, 0.25) is 0 Å². The van der Waals surface area contributed by atoms with E-state index in [9.17, 15) is 4.79 Å². The van der Waals surface area contributed by atoms with Crippen LogP contribution in [0.3, 0.4) is 0 Å². The summed E-state index contributed by atoms with van der Waals surface area (Å²) >= 11 is 0. The van der Waals surface area contributed by atoms with Crippen molar-refractivity contribution in [2.45, 2.75) is 31.8 Å². The largest absolute Gasteiger partial charge is 0.481 e. The summed E-state index contributed by atoms with van der Waals surface area (Å²) in [5, 5.41) is 12.2. The monoisotopic (exact) mass is 212 g/mol. The summed E-state index contributed by atoms with van der Waals surface area (Å²) in [5.41, 5.74) is 0. The molecule has 0 bridgehead atoms. The average Bonchev–Trinajstić information content (AvgIpc) is 2.77. The Balaban J connectivity index is 1.91. The Bertz CT molecular complexity index is 344. The molecule has 0 aromatic carbocycles. The molecule has 1 unspecified atom stereocenters. The third-order valence-corrected chi connectivity index (χ3v) is 2.25. The molecule has 1 saturated heterocycles. The molecule has 82 valence electrons. The van der Waals surface area contributed by atoms with Crippen molar-refractivity contribution < 1.29 is 19.2 Å². The van der Waals surface area contributed by atoms with Crippen molar-refractivity contribution in [3.05, 3.63) is 11.7 Å². The van der Waals surface area contributed by atoms with Crippen LogP contribution in [-0.2, 0) is 22.4 Å². The Kier molecular flexibility index (Phi) is 2.96. The van der Waals surface area contributed by atoms with Gasteiger partial charge in [-0.25, -0.2) is 0 Å². The Labute approximate surface area is 86.2 Å². The van der Waals surface area contributed by atoms with Gasteiger partial charge >= 0.3 is 5.97 Å². The summed E-state index contributed by atoms with van der Waals surface area (Å²) in [7, 11) is 0. The number of carboxylic acid groups (broad SMARTS) is 1. The van der Waals surface area contributed by atoms with Gasteiger partial charge < -0.3 is 14.4 Å². The van der Waals surface area contributed by atoms with Gasteiger partial charge in [0.25, 0.3) is 0 Å². The van der Waals surface area contributed by atoms with Crippen molar-refractivity contribution in [2.75, 3.05) is 6.61 Å². The Morgan fingerprint density at radius 3 is 3.13 bits per heavy atom. The van der Waals surface area contributed by atoms with Crippen molar-refractivity contribution in [1.82, 2.24) is 10.1 Å². The van der Waals surface area contributed by atoms with Crippen molar-refractivity contribution in [3.8, 4) is 0 Å². The summed E-state index contributed by atoms with van der Waals surface area (Å²) in [6, 6.07) is 0. The second-order valence-electron chi connectivity index (χ2n) is 3.51. The molecule has 0 radical (unpaired) electrons. The second-order valence-corrected chi connectivity index (χ2v) is 3.51. The van der Waals surface area contributed by atoms with Gasteiger partial charge in [0.2, 0.25) is 5.89 Å². The molecular formula is C9H12N2O4. The SMILES string of the molecule is O=C(O)Cc1nc(CC2CCCO2)no1. The fourth-order valence-corrected chi connectivity index (χ4v) is 1.58. The number of rotatable bonds is 4. The first-order valence-corrected chi connectivity index (χ1v) is 4.89. The molecule has 6 heteroatoms. The normalized spacial score (nSPS) is 20.7. The minimum atomic E-state index is -0.970. The van der Waals surface area contributed by atoms with Crippen LogP contribution < -0.4 is 0 Å². The van der Waals surface area contributed by atoms with E-state index < -0.39 is 5.97 Å². The van der Waals surface area contributed by atoms with E-state index in [2.05, 4.69) is 10.1 Å². The van der Waals surface area contributed by atoms with Gasteiger partial charge in [-0.2, -0.15) is 4.98 Å². The predicted octanol–water partition coefficient (Wildman–Crippen LogP) is 0.418. The van der Waals surface area contributed by atoms with Gasteiger partial charge in [-0.05, 0) is 12.8 Å². The van der Waals surface area contributed by atoms with Crippen molar-refractivity contribution in [1.29, 1.82) is 0 Å². The number of ether oxygens (including phenoxy) is 1. The van der Waals surface area contributed by atoms with Gasteiger partial charge in [0, 0.05) is 13.0 Å². The Morgan fingerprint density at radius 1 is 1.60 bits per heavy atom. The lowest BCUT2D eigenvalue weighted by molar-refractivity contribution is -0.136. The van der Waals surface area contributed by atoms with Crippen LogP contribution >= 0.6 is 0 Å². The minimum absolute atomic E-state index is 0.149. The third kappa shape index (κ3) is 2.76. The van der Waals surface area contributed by atoms with Crippen molar-refractivity contribution in [2.24, 2.45) is 0 Å². The molecule has 1 fully saturated rings. The number of nitrogens with zero attached hydrogens (tertiary/aromatic N) is 2. The van der Waals surface area contributed by atoms with E-state index in [-0.39, 0.29) is 18.4 Å². The predicted molar refractivity (Wildman–Crippen MR) is 48.3 cm³/mol. The van der Waals surface area contributed by atoms with Gasteiger partial charge in [-0.15, -0.1) is 0 Å². The molecule has 0 amide bonds. The van der Waals surface area contributed by atoms with Gasteiger partial charge in [-0.1, -0.05) is 5.16 Å². The van der Waals surface area contributed by atoms with Gasteiger partial charge in [-0.3, -0.25) is 4.79 Å². The van der Waals surface area contributed by atoms with Gasteiger partial charge in [0.15, 0.2) is 5.82 Å². The van der Waals surface area contributed by atoms with E-state index in [0.717, 1.165) is 19.4 Å². The Morgan fingerprint density at radius 2 is 2.47 bits per heavy atom. The number of hydrogen-bond donors (Lipinski definition) is 1. The topological polar surface area (TPSA) is 85.5 Å². The van der Waals surface area contributed by atoms with E-state index in [1.54, 1.807) is 0 Å². The number of hydrogen-bond acceptors (Lipinski definition) is 5. The van der Waals surface area contributed by atoms with Crippen LogP contribution in [0.15, 0.2) is 4.52 Å². The summed E-state index contributed by atoms with van der Waals surface area (Å²) in [6.07, 6.45) is 2.59. The lowest BCUT2D eigenvalue weighted by atomic mass is 10.2. The van der Waals surface area contributed by atoms with E-state index in [0.29, 0.717) is 12.2 Å². The maximum absolute atomic E-state index is 10.4. The summed E-state index contributed by atoms with van der Waals surface area (Å²) in [6.45, 7) is 0.782. The van der Waals surface area contributed by atoms with E-state index in [1.807, 2.05) is 0 Å². The quantitative estimate of drug-likeness (QED) is 0.778. The average molecular weight is 212 g/mol. The van der Waals surface area contributed by atoms with E-state index >= 15 is 0 Å². The third-order valence-electron chi connectivity index (χ3n) is 2.25. The summed E-state index contributed by atoms with van der Waals surface area (Å²) in [4.78, 5) is 14.3. The van der Waals surface area contributed by atoms with Crippen LogP contribution in [0.5, 0.6) is 0 Å². The first-order chi connectivity index (χ1) is 7.24. The van der Waals surface area contributed by atoms with E-state index in [1.165, 1.54) is 0 Å². The maximum atomic E-state index is 10.4. The smallest absolute Gasteiger partial charge is 0.312 e. The number of aromatic nitrogens is 2. The summed E-state index contributed by atoms with van der Waals surface area (Å²) in [5.74, 6) is -0.295. The second kappa shape index (κ2) is 4.39. The number of carbonyl (C=O) groups is 1. The molecule has 6 nitrogen and oxygen atoms in total. The van der Waals surface area contributed by atoms with Gasteiger partial charge in [0.1, 0.15) is 6.42 Å². The first kappa shape index (κ1) is 10.1.